The summed E-state index contributed by atoms with van der Waals surface area (Å²) in [5.74, 6) is 1.06. The molecule has 1 amide bonds. The summed E-state index contributed by atoms with van der Waals surface area (Å²) in [6.07, 6.45) is 6.87. The Labute approximate surface area is 185 Å². The van der Waals surface area contributed by atoms with Gasteiger partial charge in [0.2, 0.25) is 0 Å². The molecule has 1 aliphatic rings. The summed E-state index contributed by atoms with van der Waals surface area (Å²) in [7, 11) is 3.06. The number of rotatable bonds is 10. The van der Waals surface area contributed by atoms with Crippen LogP contribution in [-0.2, 0) is 28.9 Å². The normalized spacial score (nSPS) is 13.2. The van der Waals surface area contributed by atoms with Crippen molar-refractivity contribution < 1.29 is 20.5 Å². The molecule has 0 radical (unpaired) electrons. The zero-order chi connectivity index (χ0) is 22.1. The predicted molar refractivity (Wildman–Crippen MR) is 124 cm³/mol. The topological polar surface area (TPSA) is 69.2 Å². The van der Waals surface area contributed by atoms with Gasteiger partial charge in [-0.25, -0.2) is 0 Å². The Morgan fingerprint density at radius 1 is 1.13 bits per heavy atom. The molecule has 0 saturated carbocycles. The molecule has 1 aliphatic carbocycles. The van der Waals surface area contributed by atoms with Crippen molar-refractivity contribution in [3.8, 4) is 11.5 Å². The lowest BCUT2D eigenvalue weighted by Crippen LogP contribution is -2.33. The van der Waals surface area contributed by atoms with Crippen molar-refractivity contribution in [3.05, 3.63) is 71.3 Å². The minimum Gasteiger partial charge on any atom is -0.493 e. The van der Waals surface area contributed by atoms with Crippen LogP contribution in [0.15, 0.2) is 54.2 Å². The maximum absolute atomic E-state index is 12.8. The number of fused-ring (bicyclic) bond motifs is 1. The van der Waals surface area contributed by atoms with Gasteiger partial charge in [0.25, 0.3) is 5.91 Å². The fourth-order valence-electron chi connectivity index (χ4n) is 3.74. The van der Waals surface area contributed by atoms with E-state index >= 15 is 0 Å². The van der Waals surface area contributed by atoms with Crippen molar-refractivity contribution in [3.63, 3.8) is 0 Å². The number of benzene rings is 2. The van der Waals surface area contributed by atoms with Gasteiger partial charge in [0.1, 0.15) is 13.7 Å². The number of nitrogens with one attached hydrogen (secondary N) is 1. The average molecular weight is 425 g/mol. The number of nitrogens with zero attached hydrogens (tertiary/aromatic N) is 1. The first-order chi connectivity index (χ1) is 15.2. The van der Waals surface area contributed by atoms with Crippen molar-refractivity contribution in [1.29, 1.82) is 0 Å². The quantitative estimate of drug-likeness (QED) is 0.354. The minimum absolute atomic E-state index is 0. The SMILES string of the molecule is C=CCOc1ccc(CCNC(=O)/C(=N\OC)c2ccc3c(c2)CCCC3)cc1OC.[HH]. The molecule has 3 rings (SSSR count). The van der Waals surface area contributed by atoms with Gasteiger partial charge >= 0.3 is 0 Å². The molecule has 0 aliphatic heterocycles. The van der Waals surface area contributed by atoms with Crippen LogP contribution in [0.1, 0.15) is 36.5 Å². The standard InChI is InChI=1S/C25H30N2O4.H2/c1-4-15-31-22-12-9-18(16-23(22)29-2)13-14-26-25(28)24(27-30-3)21-11-10-19-7-5-6-8-20(19)17-21;/h4,9-12,16-17H,1,5-8,13-15H2,2-3H3,(H,26,28);1H/b27-24-;. The van der Waals surface area contributed by atoms with E-state index in [4.69, 9.17) is 14.3 Å². The number of hydrogen-bond acceptors (Lipinski definition) is 5. The zero-order valence-electron chi connectivity index (χ0n) is 18.3. The number of methoxy groups -OCH3 is 1. The molecule has 0 bridgehead atoms. The first-order valence-corrected chi connectivity index (χ1v) is 10.6. The summed E-state index contributed by atoms with van der Waals surface area (Å²) in [4.78, 5) is 17.8. The largest absolute Gasteiger partial charge is 0.493 e. The molecule has 0 unspecified atom stereocenters. The maximum atomic E-state index is 12.8. The molecule has 6 heteroatoms. The molecule has 0 aromatic heterocycles. The van der Waals surface area contributed by atoms with Gasteiger partial charge in [-0.3, -0.25) is 4.79 Å². The van der Waals surface area contributed by atoms with Crippen LogP contribution >= 0.6 is 0 Å². The summed E-state index contributed by atoms with van der Waals surface area (Å²) in [5.41, 5.74) is 4.77. The third-order valence-corrected chi connectivity index (χ3v) is 5.30. The number of carbonyl (C=O) groups is 1. The molecular formula is C25H32N2O4. The highest BCUT2D eigenvalue weighted by Crippen LogP contribution is 2.28. The van der Waals surface area contributed by atoms with Crippen LogP contribution in [0.5, 0.6) is 11.5 Å². The van der Waals surface area contributed by atoms with Gasteiger partial charge in [-0.1, -0.05) is 36.0 Å². The van der Waals surface area contributed by atoms with Gasteiger partial charge in [0.15, 0.2) is 17.2 Å². The Bertz CT molecular complexity index is 959. The van der Waals surface area contributed by atoms with Crippen LogP contribution in [0.2, 0.25) is 0 Å². The van der Waals surface area contributed by atoms with E-state index in [-0.39, 0.29) is 7.33 Å². The van der Waals surface area contributed by atoms with Crippen molar-refractivity contribution in [2.45, 2.75) is 32.1 Å². The van der Waals surface area contributed by atoms with Crippen LogP contribution in [0.25, 0.3) is 0 Å². The van der Waals surface area contributed by atoms with Gasteiger partial charge in [-0.05, 0) is 67.0 Å². The van der Waals surface area contributed by atoms with Crippen molar-refractivity contribution in [2.75, 3.05) is 27.4 Å². The highest BCUT2D eigenvalue weighted by Gasteiger charge is 2.18. The molecule has 0 atom stereocenters. The van der Waals surface area contributed by atoms with Crippen LogP contribution in [-0.4, -0.2) is 39.0 Å². The minimum atomic E-state index is -0.254. The first kappa shape index (κ1) is 22.4. The Kier molecular flexibility index (Phi) is 8.10. The summed E-state index contributed by atoms with van der Waals surface area (Å²) >= 11 is 0. The van der Waals surface area contributed by atoms with Crippen LogP contribution in [0, 0.1) is 0 Å². The Balaban J connectivity index is 0.00000363. The van der Waals surface area contributed by atoms with E-state index in [0.717, 1.165) is 24.0 Å². The molecule has 0 spiro atoms. The van der Waals surface area contributed by atoms with E-state index < -0.39 is 0 Å². The van der Waals surface area contributed by atoms with Gasteiger partial charge in [0, 0.05) is 13.5 Å². The average Bonchev–Trinajstić information content (AvgIpc) is 2.81. The number of carbonyl (C=O) groups excluding carboxylic acids is 1. The third-order valence-electron chi connectivity index (χ3n) is 5.30. The van der Waals surface area contributed by atoms with Gasteiger partial charge in [0.05, 0.1) is 7.11 Å². The molecular weight excluding hydrogens is 392 g/mol. The smallest absolute Gasteiger partial charge is 0.273 e. The third kappa shape index (κ3) is 5.87. The van der Waals surface area contributed by atoms with E-state index in [0.29, 0.717) is 36.8 Å². The number of amides is 1. The van der Waals surface area contributed by atoms with Crippen LogP contribution < -0.4 is 14.8 Å². The molecule has 1 N–H and O–H groups in total. The van der Waals surface area contributed by atoms with Crippen molar-refractivity contribution in [1.82, 2.24) is 5.32 Å². The predicted octanol–water partition coefficient (Wildman–Crippen LogP) is 4.09. The molecule has 166 valence electrons. The zero-order valence-corrected chi connectivity index (χ0v) is 18.3. The Morgan fingerprint density at radius 3 is 2.68 bits per heavy atom. The van der Waals surface area contributed by atoms with Crippen molar-refractivity contribution in [2.24, 2.45) is 5.16 Å². The number of hydrogen-bond donors (Lipinski definition) is 1. The summed E-state index contributed by atoms with van der Waals surface area (Å²) in [5, 5.41) is 6.94. The van der Waals surface area contributed by atoms with Crippen LogP contribution in [0.4, 0.5) is 0 Å². The number of aryl methyl sites for hydroxylation is 2. The summed E-state index contributed by atoms with van der Waals surface area (Å²) in [6, 6.07) is 11.9. The lowest BCUT2D eigenvalue weighted by Gasteiger charge is -2.17. The maximum Gasteiger partial charge on any atom is 0.273 e. The molecule has 6 nitrogen and oxygen atoms in total. The number of oxime groups is 1. The molecule has 31 heavy (non-hydrogen) atoms. The second-order valence-electron chi connectivity index (χ2n) is 7.40. The summed E-state index contributed by atoms with van der Waals surface area (Å²) < 4.78 is 11.0. The second kappa shape index (κ2) is 11.2. The lowest BCUT2D eigenvalue weighted by molar-refractivity contribution is -0.114. The summed E-state index contributed by atoms with van der Waals surface area (Å²) in [6.45, 7) is 4.53. The highest BCUT2D eigenvalue weighted by molar-refractivity contribution is 6.45. The van der Waals surface area contributed by atoms with Gasteiger partial charge in [-0.2, -0.15) is 0 Å². The van der Waals surface area contributed by atoms with Crippen LogP contribution in [0.3, 0.4) is 0 Å². The fraction of sp³-hybridized carbons (Fsp3) is 0.360. The first-order valence-electron chi connectivity index (χ1n) is 10.6. The Morgan fingerprint density at radius 2 is 1.94 bits per heavy atom. The van der Waals surface area contributed by atoms with Gasteiger partial charge in [-0.15, -0.1) is 0 Å². The van der Waals surface area contributed by atoms with E-state index in [1.165, 1.54) is 31.1 Å². The monoisotopic (exact) mass is 424 g/mol. The molecule has 2 aromatic rings. The van der Waals surface area contributed by atoms with Gasteiger partial charge < -0.3 is 19.6 Å². The molecule has 0 saturated heterocycles. The fourth-order valence-corrected chi connectivity index (χ4v) is 3.74. The highest BCUT2D eigenvalue weighted by atomic mass is 16.6. The molecule has 0 heterocycles. The molecule has 0 fully saturated rings. The molecule has 2 aromatic carbocycles. The van der Waals surface area contributed by atoms with Crippen molar-refractivity contribution >= 4 is 11.6 Å². The van der Waals surface area contributed by atoms with E-state index in [1.54, 1.807) is 13.2 Å². The van der Waals surface area contributed by atoms with E-state index in [1.807, 2.05) is 24.3 Å². The lowest BCUT2D eigenvalue weighted by atomic mass is 9.89. The second-order valence-corrected chi connectivity index (χ2v) is 7.40. The van der Waals surface area contributed by atoms with E-state index in [9.17, 15) is 4.79 Å². The Hall–Kier alpha value is -3.28. The van der Waals surface area contributed by atoms with E-state index in [2.05, 4.69) is 29.2 Å². The number of ether oxygens (including phenoxy) is 2.